The summed E-state index contributed by atoms with van der Waals surface area (Å²) in [4.78, 5) is 23.3. The molecule has 0 unspecified atom stereocenters. The molecular formula is C13H12FN3O3. The van der Waals surface area contributed by atoms with Crippen molar-refractivity contribution in [3.05, 3.63) is 47.5 Å². The monoisotopic (exact) mass is 277 g/mol. The van der Waals surface area contributed by atoms with Crippen molar-refractivity contribution in [3.63, 3.8) is 0 Å². The molecule has 0 fully saturated rings. The quantitative estimate of drug-likeness (QED) is 0.611. The van der Waals surface area contributed by atoms with Crippen molar-refractivity contribution in [1.29, 1.82) is 0 Å². The predicted molar refractivity (Wildman–Crippen MR) is 66.7 cm³/mol. The molecule has 0 atom stereocenters. The Hall–Kier alpha value is -2.57. The van der Waals surface area contributed by atoms with Gasteiger partial charge < -0.3 is 4.74 Å². The zero-order valence-corrected chi connectivity index (χ0v) is 10.7. The van der Waals surface area contributed by atoms with E-state index in [4.69, 9.17) is 4.74 Å². The summed E-state index contributed by atoms with van der Waals surface area (Å²) in [6, 6.07) is 5.19. The average molecular weight is 277 g/mol. The van der Waals surface area contributed by atoms with Crippen molar-refractivity contribution in [2.75, 3.05) is 6.61 Å². The molecule has 0 spiro atoms. The number of nitrogens with zero attached hydrogens (tertiary/aromatic N) is 3. The molecule has 2 rings (SSSR count). The molecule has 0 saturated carbocycles. The van der Waals surface area contributed by atoms with E-state index >= 15 is 0 Å². The fourth-order valence-electron chi connectivity index (χ4n) is 1.55. The van der Waals surface area contributed by atoms with Gasteiger partial charge in [0, 0.05) is 5.56 Å². The molecule has 0 aliphatic carbocycles. The molecule has 1 aromatic heterocycles. The van der Waals surface area contributed by atoms with Gasteiger partial charge in [0.25, 0.3) is 0 Å². The first kappa shape index (κ1) is 13.9. The molecule has 0 aliphatic heterocycles. The van der Waals surface area contributed by atoms with Gasteiger partial charge in [-0.25, -0.2) is 13.9 Å². The Morgan fingerprint density at radius 1 is 1.30 bits per heavy atom. The lowest BCUT2D eigenvalue weighted by Crippen LogP contribution is -2.11. The first-order valence-electron chi connectivity index (χ1n) is 5.96. The highest BCUT2D eigenvalue weighted by atomic mass is 19.1. The predicted octanol–water partition coefficient (Wildman–Crippen LogP) is 1.48. The fourth-order valence-corrected chi connectivity index (χ4v) is 1.55. The Labute approximate surface area is 114 Å². The van der Waals surface area contributed by atoms with Gasteiger partial charge in [0.05, 0.1) is 12.8 Å². The summed E-state index contributed by atoms with van der Waals surface area (Å²) < 4.78 is 18.7. The summed E-state index contributed by atoms with van der Waals surface area (Å²) >= 11 is 0. The van der Waals surface area contributed by atoms with Crippen LogP contribution >= 0.6 is 0 Å². The Morgan fingerprint density at radius 3 is 2.65 bits per heavy atom. The molecule has 1 heterocycles. The third kappa shape index (κ3) is 3.25. The van der Waals surface area contributed by atoms with E-state index in [9.17, 15) is 14.0 Å². The third-order valence-electron chi connectivity index (χ3n) is 2.50. The lowest BCUT2D eigenvalue weighted by Gasteiger charge is -2.00. The smallest absolute Gasteiger partial charge is 0.360 e. The Morgan fingerprint density at radius 2 is 2.00 bits per heavy atom. The molecule has 7 heteroatoms. The Kier molecular flexibility index (Phi) is 4.19. The van der Waals surface area contributed by atoms with E-state index in [0.717, 1.165) is 0 Å². The number of ketones is 1. The van der Waals surface area contributed by atoms with E-state index in [1.165, 1.54) is 35.1 Å². The molecule has 0 bridgehead atoms. The van der Waals surface area contributed by atoms with Gasteiger partial charge >= 0.3 is 5.97 Å². The van der Waals surface area contributed by atoms with Crippen LogP contribution < -0.4 is 0 Å². The number of benzene rings is 1. The van der Waals surface area contributed by atoms with Gasteiger partial charge in [-0.3, -0.25) is 4.79 Å². The topological polar surface area (TPSA) is 74.1 Å². The zero-order valence-electron chi connectivity index (χ0n) is 10.7. The SMILES string of the molecule is CCOC(=O)c1cn(CC(=O)c2ccc(F)cc2)nn1. The van der Waals surface area contributed by atoms with Crippen LogP contribution in [0, 0.1) is 5.82 Å². The summed E-state index contributed by atoms with van der Waals surface area (Å²) in [5.74, 6) is -1.26. The van der Waals surface area contributed by atoms with E-state index in [2.05, 4.69) is 10.3 Å². The second-order valence-corrected chi connectivity index (χ2v) is 3.95. The van der Waals surface area contributed by atoms with Crippen molar-refractivity contribution >= 4 is 11.8 Å². The maximum Gasteiger partial charge on any atom is 0.360 e. The summed E-state index contributed by atoms with van der Waals surface area (Å²) in [5, 5.41) is 7.30. The second-order valence-electron chi connectivity index (χ2n) is 3.95. The van der Waals surface area contributed by atoms with Crippen molar-refractivity contribution in [2.24, 2.45) is 0 Å². The molecular weight excluding hydrogens is 265 g/mol. The van der Waals surface area contributed by atoms with Crippen LogP contribution in [0.5, 0.6) is 0 Å². The van der Waals surface area contributed by atoms with E-state index < -0.39 is 11.8 Å². The second kappa shape index (κ2) is 6.05. The molecule has 0 saturated heterocycles. The first-order valence-corrected chi connectivity index (χ1v) is 5.96. The first-order chi connectivity index (χ1) is 9.60. The Bertz CT molecular complexity index is 622. The number of carbonyl (C=O) groups excluding carboxylic acids is 2. The summed E-state index contributed by atoms with van der Waals surface area (Å²) in [6.07, 6.45) is 1.33. The molecule has 2 aromatic rings. The molecule has 0 amide bonds. The van der Waals surface area contributed by atoms with Crippen LogP contribution in [-0.4, -0.2) is 33.4 Å². The molecule has 0 aliphatic rings. The number of halogens is 1. The minimum Gasteiger partial charge on any atom is -0.461 e. The Balaban J connectivity index is 2.05. The minimum atomic E-state index is -0.590. The van der Waals surface area contributed by atoms with Gasteiger partial charge in [0.15, 0.2) is 11.5 Å². The fraction of sp³-hybridized carbons (Fsp3) is 0.231. The number of hydrogen-bond acceptors (Lipinski definition) is 5. The van der Waals surface area contributed by atoms with Crippen LogP contribution in [0.2, 0.25) is 0 Å². The number of carbonyl (C=O) groups is 2. The molecule has 20 heavy (non-hydrogen) atoms. The largest absolute Gasteiger partial charge is 0.461 e. The van der Waals surface area contributed by atoms with Gasteiger partial charge in [-0.15, -0.1) is 5.10 Å². The van der Waals surface area contributed by atoms with Gasteiger partial charge in [-0.1, -0.05) is 5.21 Å². The van der Waals surface area contributed by atoms with Gasteiger partial charge in [-0.2, -0.15) is 0 Å². The van der Waals surface area contributed by atoms with Gasteiger partial charge in [0.1, 0.15) is 12.4 Å². The third-order valence-corrected chi connectivity index (χ3v) is 2.50. The number of ether oxygens (including phenoxy) is 1. The van der Waals surface area contributed by atoms with Crippen LogP contribution in [0.15, 0.2) is 30.5 Å². The van der Waals surface area contributed by atoms with E-state index in [1.807, 2.05) is 0 Å². The van der Waals surface area contributed by atoms with Crippen molar-refractivity contribution in [2.45, 2.75) is 13.5 Å². The highest BCUT2D eigenvalue weighted by molar-refractivity contribution is 5.95. The van der Waals surface area contributed by atoms with Crippen molar-refractivity contribution in [1.82, 2.24) is 15.0 Å². The minimum absolute atomic E-state index is 0.0405. The van der Waals surface area contributed by atoms with Crippen LogP contribution in [0.1, 0.15) is 27.8 Å². The maximum absolute atomic E-state index is 12.8. The molecule has 0 N–H and O–H groups in total. The lowest BCUT2D eigenvalue weighted by molar-refractivity contribution is 0.0519. The van der Waals surface area contributed by atoms with Crippen LogP contribution in [-0.2, 0) is 11.3 Å². The van der Waals surface area contributed by atoms with E-state index in [1.54, 1.807) is 6.92 Å². The van der Waals surface area contributed by atoms with E-state index in [-0.39, 0.29) is 24.6 Å². The molecule has 6 nitrogen and oxygen atoms in total. The van der Waals surface area contributed by atoms with Crippen molar-refractivity contribution in [3.8, 4) is 0 Å². The van der Waals surface area contributed by atoms with Gasteiger partial charge in [0.2, 0.25) is 0 Å². The zero-order chi connectivity index (χ0) is 14.5. The standard InChI is InChI=1S/C13H12FN3O3/c1-2-20-13(19)11-7-17(16-15-11)8-12(18)9-3-5-10(14)6-4-9/h3-7H,2,8H2,1H3. The summed E-state index contributed by atoms with van der Waals surface area (Å²) in [7, 11) is 0. The number of hydrogen-bond donors (Lipinski definition) is 0. The molecule has 1 aromatic carbocycles. The molecule has 0 radical (unpaired) electrons. The van der Waals surface area contributed by atoms with E-state index in [0.29, 0.717) is 5.56 Å². The number of rotatable bonds is 5. The van der Waals surface area contributed by atoms with Crippen LogP contribution in [0.4, 0.5) is 4.39 Å². The number of aromatic nitrogens is 3. The number of Topliss-reactive ketones (excluding diaryl/α,β-unsaturated/α-hetero) is 1. The maximum atomic E-state index is 12.8. The highest BCUT2D eigenvalue weighted by Gasteiger charge is 2.13. The lowest BCUT2D eigenvalue weighted by atomic mass is 10.1. The summed E-state index contributed by atoms with van der Waals surface area (Å²) in [5.41, 5.74) is 0.401. The van der Waals surface area contributed by atoms with Crippen LogP contribution in [0.25, 0.3) is 0 Å². The average Bonchev–Trinajstić information content (AvgIpc) is 2.88. The normalized spacial score (nSPS) is 10.3. The van der Waals surface area contributed by atoms with Gasteiger partial charge in [-0.05, 0) is 31.2 Å². The highest BCUT2D eigenvalue weighted by Crippen LogP contribution is 2.05. The van der Waals surface area contributed by atoms with Crippen LogP contribution in [0.3, 0.4) is 0 Å². The number of esters is 1. The molecule has 104 valence electrons. The van der Waals surface area contributed by atoms with Crippen molar-refractivity contribution < 1.29 is 18.7 Å². The summed E-state index contributed by atoms with van der Waals surface area (Å²) in [6.45, 7) is 1.83.